The summed E-state index contributed by atoms with van der Waals surface area (Å²) in [5.41, 5.74) is 0. The number of nitrogens with one attached hydrogen (secondary N) is 1. The van der Waals surface area contributed by atoms with Gasteiger partial charge in [-0.25, -0.2) is 0 Å². The summed E-state index contributed by atoms with van der Waals surface area (Å²) in [6, 6.07) is 2.11. The van der Waals surface area contributed by atoms with Gasteiger partial charge in [0, 0.05) is 6.04 Å². The summed E-state index contributed by atoms with van der Waals surface area (Å²) in [6.07, 6.45) is 0. The van der Waals surface area contributed by atoms with Crippen molar-refractivity contribution >= 4 is 16.0 Å². The highest BCUT2D eigenvalue weighted by molar-refractivity contribution is 7.85. The molecule has 84 valence electrons. The summed E-state index contributed by atoms with van der Waals surface area (Å²) >= 11 is 0. The molecule has 6 nitrogen and oxygen atoms in total. The monoisotopic (exact) mass is 233 g/mol. The quantitative estimate of drug-likeness (QED) is 0.748. The molecule has 0 saturated heterocycles. The standard InChI is InChI=1S/C8H11NO5S/c1-5(2)9-8(10)6-3-4-7(14-6)15(11,12)13/h3-5H,1-2H3,(H,9,10)(H,11,12,13). The van der Waals surface area contributed by atoms with Crippen molar-refractivity contribution < 1.29 is 22.2 Å². The highest BCUT2D eigenvalue weighted by Crippen LogP contribution is 2.13. The van der Waals surface area contributed by atoms with Crippen LogP contribution in [-0.2, 0) is 10.1 Å². The number of rotatable bonds is 3. The van der Waals surface area contributed by atoms with E-state index in [0.717, 1.165) is 6.07 Å². The van der Waals surface area contributed by atoms with Crippen LogP contribution in [0, 0.1) is 0 Å². The molecule has 0 saturated carbocycles. The van der Waals surface area contributed by atoms with Crippen LogP contribution in [0.3, 0.4) is 0 Å². The number of carbonyl (C=O) groups excluding carboxylic acids is 1. The van der Waals surface area contributed by atoms with Crippen LogP contribution in [0.4, 0.5) is 0 Å². The molecule has 0 aromatic carbocycles. The van der Waals surface area contributed by atoms with Crippen LogP contribution in [0.15, 0.2) is 21.6 Å². The average molecular weight is 233 g/mol. The van der Waals surface area contributed by atoms with Crippen molar-refractivity contribution in [1.29, 1.82) is 0 Å². The fourth-order valence-electron chi connectivity index (χ4n) is 0.914. The molecule has 7 heteroatoms. The topological polar surface area (TPSA) is 96.6 Å². The molecule has 1 amide bonds. The average Bonchev–Trinajstić information content (AvgIpc) is 2.48. The highest BCUT2D eigenvalue weighted by Gasteiger charge is 2.18. The predicted octanol–water partition coefficient (Wildman–Crippen LogP) is 0.664. The van der Waals surface area contributed by atoms with Crippen LogP contribution in [0.25, 0.3) is 0 Å². The third-order valence-corrected chi connectivity index (χ3v) is 2.21. The Bertz CT molecular complexity index is 459. The van der Waals surface area contributed by atoms with Crippen molar-refractivity contribution in [3.8, 4) is 0 Å². The van der Waals surface area contributed by atoms with Crippen molar-refractivity contribution in [1.82, 2.24) is 5.32 Å². The first-order valence-corrected chi connectivity index (χ1v) is 5.63. The lowest BCUT2D eigenvalue weighted by molar-refractivity contribution is 0.0909. The lowest BCUT2D eigenvalue weighted by Gasteiger charge is -2.05. The van der Waals surface area contributed by atoms with E-state index in [2.05, 4.69) is 9.73 Å². The molecule has 0 unspecified atom stereocenters. The molecule has 0 aliphatic rings. The Morgan fingerprint density at radius 3 is 2.47 bits per heavy atom. The van der Waals surface area contributed by atoms with Crippen LogP contribution in [-0.4, -0.2) is 24.9 Å². The Labute approximate surface area is 87.0 Å². The molecule has 1 rings (SSSR count). The molecule has 1 aromatic heterocycles. The minimum absolute atomic E-state index is 0.0863. The molecule has 0 atom stereocenters. The minimum Gasteiger partial charge on any atom is -0.437 e. The molecule has 1 heterocycles. The van der Waals surface area contributed by atoms with E-state index in [0.29, 0.717) is 0 Å². The smallest absolute Gasteiger partial charge is 0.328 e. The maximum Gasteiger partial charge on any atom is 0.328 e. The van der Waals surface area contributed by atoms with E-state index >= 15 is 0 Å². The van der Waals surface area contributed by atoms with E-state index in [-0.39, 0.29) is 11.8 Å². The zero-order valence-corrected chi connectivity index (χ0v) is 9.04. The summed E-state index contributed by atoms with van der Waals surface area (Å²) in [6.45, 7) is 3.51. The van der Waals surface area contributed by atoms with Gasteiger partial charge in [-0.2, -0.15) is 8.42 Å². The summed E-state index contributed by atoms with van der Waals surface area (Å²) in [5.74, 6) is -0.684. The molecule has 0 fully saturated rings. The van der Waals surface area contributed by atoms with Gasteiger partial charge in [-0.3, -0.25) is 9.35 Å². The Balaban J connectivity index is 2.90. The van der Waals surface area contributed by atoms with Crippen molar-refractivity contribution in [3.05, 3.63) is 17.9 Å². The molecule has 0 aliphatic carbocycles. The van der Waals surface area contributed by atoms with Gasteiger partial charge >= 0.3 is 10.1 Å². The summed E-state index contributed by atoms with van der Waals surface area (Å²) in [5, 5.41) is 1.87. The minimum atomic E-state index is -4.39. The second kappa shape index (κ2) is 4.03. The molecule has 0 aliphatic heterocycles. The first-order valence-electron chi connectivity index (χ1n) is 4.19. The number of hydrogen-bond donors (Lipinski definition) is 2. The van der Waals surface area contributed by atoms with E-state index in [1.807, 2.05) is 0 Å². The maximum atomic E-state index is 11.3. The van der Waals surface area contributed by atoms with E-state index in [4.69, 9.17) is 4.55 Å². The van der Waals surface area contributed by atoms with Gasteiger partial charge in [0.15, 0.2) is 5.76 Å². The predicted molar refractivity (Wildman–Crippen MR) is 51.1 cm³/mol. The van der Waals surface area contributed by atoms with E-state index in [1.165, 1.54) is 6.07 Å². The van der Waals surface area contributed by atoms with Gasteiger partial charge in [0.1, 0.15) is 0 Å². The Hall–Kier alpha value is -1.34. The third-order valence-electron chi connectivity index (χ3n) is 1.48. The van der Waals surface area contributed by atoms with Gasteiger partial charge in [0.05, 0.1) is 0 Å². The molecular formula is C8H11NO5S. The van der Waals surface area contributed by atoms with Crippen LogP contribution >= 0.6 is 0 Å². The van der Waals surface area contributed by atoms with Crippen molar-refractivity contribution in [2.75, 3.05) is 0 Å². The van der Waals surface area contributed by atoms with Crippen LogP contribution in [0.1, 0.15) is 24.4 Å². The van der Waals surface area contributed by atoms with Crippen LogP contribution in [0.5, 0.6) is 0 Å². The van der Waals surface area contributed by atoms with Gasteiger partial charge < -0.3 is 9.73 Å². The van der Waals surface area contributed by atoms with Gasteiger partial charge in [0.2, 0.25) is 5.09 Å². The maximum absolute atomic E-state index is 11.3. The van der Waals surface area contributed by atoms with Crippen molar-refractivity contribution in [2.45, 2.75) is 25.0 Å². The molecule has 0 radical (unpaired) electrons. The SMILES string of the molecule is CC(C)NC(=O)c1ccc(S(=O)(=O)O)o1. The lowest BCUT2D eigenvalue weighted by atomic mass is 10.3. The molecule has 2 N–H and O–H groups in total. The normalized spacial score (nSPS) is 11.7. The van der Waals surface area contributed by atoms with Gasteiger partial charge in [0.25, 0.3) is 5.91 Å². The summed E-state index contributed by atoms with van der Waals surface area (Å²) < 4.78 is 34.5. The van der Waals surface area contributed by atoms with Crippen LogP contribution in [0.2, 0.25) is 0 Å². The van der Waals surface area contributed by atoms with E-state index in [9.17, 15) is 13.2 Å². The number of amides is 1. The van der Waals surface area contributed by atoms with Crippen LogP contribution < -0.4 is 5.32 Å². The van der Waals surface area contributed by atoms with E-state index in [1.54, 1.807) is 13.8 Å². The van der Waals surface area contributed by atoms with Crippen molar-refractivity contribution in [2.24, 2.45) is 0 Å². The Morgan fingerprint density at radius 2 is 2.07 bits per heavy atom. The third kappa shape index (κ3) is 3.07. The van der Waals surface area contributed by atoms with Gasteiger partial charge in [-0.05, 0) is 26.0 Å². The second-order valence-electron chi connectivity index (χ2n) is 3.22. The lowest BCUT2D eigenvalue weighted by Crippen LogP contribution is -2.29. The molecular weight excluding hydrogens is 222 g/mol. The summed E-state index contributed by atoms with van der Waals surface area (Å²) in [7, 11) is -4.39. The van der Waals surface area contributed by atoms with Crippen molar-refractivity contribution in [3.63, 3.8) is 0 Å². The fourth-order valence-corrected chi connectivity index (χ4v) is 1.35. The zero-order valence-electron chi connectivity index (χ0n) is 8.22. The second-order valence-corrected chi connectivity index (χ2v) is 4.57. The fraction of sp³-hybridized carbons (Fsp3) is 0.375. The van der Waals surface area contributed by atoms with Gasteiger partial charge in [-0.1, -0.05) is 0 Å². The highest BCUT2D eigenvalue weighted by atomic mass is 32.2. The molecule has 0 spiro atoms. The largest absolute Gasteiger partial charge is 0.437 e. The number of hydrogen-bond acceptors (Lipinski definition) is 4. The first kappa shape index (κ1) is 11.7. The molecule has 1 aromatic rings. The van der Waals surface area contributed by atoms with E-state index < -0.39 is 21.1 Å². The first-order chi connectivity index (χ1) is 6.80. The zero-order chi connectivity index (χ0) is 11.6. The van der Waals surface area contributed by atoms with Gasteiger partial charge in [-0.15, -0.1) is 0 Å². The molecule has 15 heavy (non-hydrogen) atoms. The molecule has 0 bridgehead atoms. The Morgan fingerprint density at radius 1 is 1.47 bits per heavy atom. The summed E-state index contributed by atoms with van der Waals surface area (Å²) in [4.78, 5) is 11.3. The number of furan rings is 1. The Kier molecular flexibility index (Phi) is 3.15. The number of carbonyl (C=O) groups is 1.